The van der Waals surface area contributed by atoms with Crippen molar-refractivity contribution in [2.24, 2.45) is 0 Å². The number of hydrogen-bond acceptors (Lipinski definition) is 4. The third kappa shape index (κ3) is 3.48. The molecular formula is C18H23N3O3. The van der Waals surface area contributed by atoms with Crippen LogP contribution < -0.4 is 0 Å². The molecule has 0 aromatic heterocycles. The predicted molar refractivity (Wildman–Crippen MR) is 92.5 cm³/mol. The molecule has 2 bridgehead atoms. The summed E-state index contributed by atoms with van der Waals surface area (Å²) in [6.07, 6.45) is 6.76. The lowest BCUT2D eigenvalue weighted by atomic mass is 10.1. The molecule has 0 N–H and O–H groups in total. The van der Waals surface area contributed by atoms with Crippen molar-refractivity contribution in [1.82, 2.24) is 9.80 Å². The Hall–Kier alpha value is -2.21. The first-order chi connectivity index (χ1) is 11.6. The van der Waals surface area contributed by atoms with Gasteiger partial charge in [-0.25, -0.2) is 0 Å². The molecule has 2 unspecified atom stereocenters. The van der Waals surface area contributed by atoms with Crippen molar-refractivity contribution in [3.63, 3.8) is 0 Å². The first kappa shape index (κ1) is 16.6. The fourth-order valence-corrected chi connectivity index (χ4v) is 3.81. The van der Waals surface area contributed by atoms with Gasteiger partial charge in [-0.2, -0.15) is 0 Å². The number of nitrogens with zero attached hydrogens (tertiary/aromatic N) is 3. The minimum atomic E-state index is -0.376. The second kappa shape index (κ2) is 7.13. The Kier molecular flexibility index (Phi) is 4.94. The van der Waals surface area contributed by atoms with Crippen molar-refractivity contribution in [3.05, 3.63) is 46.0 Å². The van der Waals surface area contributed by atoms with Gasteiger partial charge in [-0.3, -0.25) is 19.8 Å². The number of piperazine rings is 1. The van der Waals surface area contributed by atoms with Crippen LogP contribution in [-0.4, -0.2) is 52.3 Å². The Morgan fingerprint density at radius 3 is 2.67 bits per heavy atom. The van der Waals surface area contributed by atoms with Crippen LogP contribution in [0.15, 0.2) is 30.3 Å². The summed E-state index contributed by atoms with van der Waals surface area (Å²) in [7, 11) is 0. The molecule has 2 aliphatic heterocycles. The van der Waals surface area contributed by atoms with E-state index in [0.717, 1.165) is 38.0 Å². The van der Waals surface area contributed by atoms with Gasteiger partial charge in [0.1, 0.15) is 0 Å². The van der Waals surface area contributed by atoms with E-state index in [4.69, 9.17) is 0 Å². The predicted octanol–water partition coefficient (Wildman–Crippen LogP) is 2.69. The number of amides is 1. The topological polar surface area (TPSA) is 66.7 Å². The first-order valence-corrected chi connectivity index (χ1v) is 8.53. The van der Waals surface area contributed by atoms with Gasteiger partial charge in [0, 0.05) is 50.3 Å². The smallest absolute Gasteiger partial charge is 0.270 e. The van der Waals surface area contributed by atoms with Gasteiger partial charge >= 0.3 is 0 Å². The molecule has 6 nitrogen and oxygen atoms in total. The number of nitro benzene ring substituents is 1. The van der Waals surface area contributed by atoms with Gasteiger partial charge in [0.15, 0.2) is 0 Å². The van der Waals surface area contributed by atoms with E-state index in [-0.39, 0.29) is 16.5 Å². The number of benzene rings is 1. The maximum atomic E-state index is 12.1. The van der Waals surface area contributed by atoms with Crippen LogP contribution in [0.25, 0.3) is 6.08 Å². The van der Waals surface area contributed by atoms with Crippen LogP contribution >= 0.6 is 0 Å². The van der Waals surface area contributed by atoms with Gasteiger partial charge in [-0.15, -0.1) is 0 Å². The Labute approximate surface area is 141 Å². The van der Waals surface area contributed by atoms with Crippen LogP contribution in [0.3, 0.4) is 0 Å². The zero-order valence-electron chi connectivity index (χ0n) is 13.9. The summed E-state index contributed by atoms with van der Waals surface area (Å²) < 4.78 is 0. The number of rotatable bonds is 5. The van der Waals surface area contributed by atoms with Gasteiger partial charge in [0.25, 0.3) is 5.69 Å². The third-order valence-electron chi connectivity index (χ3n) is 4.90. The molecule has 2 atom stereocenters. The summed E-state index contributed by atoms with van der Waals surface area (Å²) in [4.78, 5) is 27.0. The molecule has 2 aliphatic rings. The molecule has 2 heterocycles. The number of carbonyl (C=O) groups excluding carboxylic acids is 1. The molecule has 0 aliphatic carbocycles. The highest BCUT2D eigenvalue weighted by molar-refractivity contribution is 5.77. The van der Waals surface area contributed by atoms with E-state index in [2.05, 4.69) is 15.9 Å². The molecule has 0 spiro atoms. The van der Waals surface area contributed by atoms with Crippen LogP contribution in [0.1, 0.15) is 31.7 Å². The molecule has 6 heteroatoms. The second-order valence-electron chi connectivity index (χ2n) is 6.51. The molecule has 2 fully saturated rings. The van der Waals surface area contributed by atoms with Crippen molar-refractivity contribution in [1.29, 1.82) is 0 Å². The van der Waals surface area contributed by atoms with Crippen LogP contribution in [-0.2, 0) is 4.79 Å². The molecule has 1 amide bonds. The molecule has 0 saturated carbocycles. The number of fused-ring (bicyclic) bond motifs is 2. The van der Waals surface area contributed by atoms with E-state index in [1.165, 1.54) is 6.07 Å². The number of carbonyl (C=O) groups is 1. The van der Waals surface area contributed by atoms with Crippen molar-refractivity contribution in [3.8, 4) is 0 Å². The SMILES string of the molecule is CCC(=O)N1C2CCC1CN(CC=Cc1cccc([N+](=O)[O-])c1)C2. The van der Waals surface area contributed by atoms with Gasteiger partial charge in [-0.1, -0.05) is 31.2 Å². The Morgan fingerprint density at radius 2 is 2.04 bits per heavy atom. The minimum absolute atomic E-state index is 0.113. The maximum Gasteiger partial charge on any atom is 0.270 e. The van der Waals surface area contributed by atoms with Crippen molar-refractivity contribution in [2.75, 3.05) is 19.6 Å². The van der Waals surface area contributed by atoms with E-state index in [1.54, 1.807) is 12.1 Å². The zero-order chi connectivity index (χ0) is 17.1. The van der Waals surface area contributed by atoms with Crippen LogP contribution in [0, 0.1) is 10.1 Å². The van der Waals surface area contributed by atoms with E-state index in [9.17, 15) is 14.9 Å². The minimum Gasteiger partial charge on any atom is -0.334 e. The van der Waals surface area contributed by atoms with Crippen LogP contribution in [0.5, 0.6) is 0 Å². The molecule has 1 aromatic carbocycles. The highest BCUT2D eigenvalue weighted by Crippen LogP contribution is 2.30. The number of non-ortho nitro benzene ring substituents is 1. The summed E-state index contributed by atoms with van der Waals surface area (Å²) in [5.74, 6) is 0.272. The standard InChI is InChI=1S/C18H23N3O3/c1-2-18(22)20-16-8-9-17(20)13-19(12-16)10-4-6-14-5-3-7-15(11-14)21(23)24/h3-7,11,16-17H,2,8-10,12-13H2,1H3. The molecule has 1 aromatic rings. The lowest BCUT2D eigenvalue weighted by molar-refractivity contribution is -0.384. The largest absolute Gasteiger partial charge is 0.334 e. The van der Waals surface area contributed by atoms with Crippen molar-refractivity contribution in [2.45, 2.75) is 38.3 Å². The number of nitro groups is 1. The number of likely N-dealkylation sites (tertiary alicyclic amines) is 1. The lowest BCUT2D eigenvalue weighted by Crippen LogP contribution is -2.55. The lowest BCUT2D eigenvalue weighted by Gasteiger charge is -2.40. The summed E-state index contributed by atoms with van der Waals surface area (Å²) in [5, 5.41) is 10.8. The van der Waals surface area contributed by atoms with Gasteiger partial charge in [0.05, 0.1) is 4.92 Å². The monoisotopic (exact) mass is 329 g/mol. The summed E-state index contributed by atoms with van der Waals surface area (Å²) >= 11 is 0. The fraction of sp³-hybridized carbons (Fsp3) is 0.500. The molecule has 128 valence electrons. The summed E-state index contributed by atoms with van der Waals surface area (Å²) in [6, 6.07) is 7.35. The molecule has 0 radical (unpaired) electrons. The van der Waals surface area contributed by atoms with E-state index >= 15 is 0 Å². The normalized spacial score (nSPS) is 23.8. The maximum absolute atomic E-state index is 12.1. The average Bonchev–Trinajstić information content (AvgIpc) is 2.85. The average molecular weight is 329 g/mol. The van der Waals surface area contributed by atoms with Gasteiger partial charge in [-0.05, 0) is 18.4 Å². The highest BCUT2D eigenvalue weighted by atomic mass is 16.6. The summed E-state index contributed by atoms with van der Waals surface area (Å²) in [6.45, 7) is 4.57. The quantitative estimate of drug-likeness (QED) is 0.615. The Balaban J connectivity index is 1.58. The molecule has 3 rings (SSSR count). The van der Waals surface area contributed by atoms with Crippen LogP contribution in [0.2, 0.25) is 0 Å². The van der Waals surface area contributed by atoms with Crippen LogP contribution in [0.4, 0.5) is 5.69 Å². The van der Waals surface area contributed by atoms with E-state index in [1.807, 2.05) is 19.1 Å². The highest BCUT2D eigenvalue weighted by Gasteiger charge is 2.41. The van der Waals surface area contributed by atoms with Crippen molar-refractivity contribution >= 4 is 17.7 Å². The zero-order valence-corrected chi connectivity index (χ0v) is 13.9. The fourth-order valence-electron chi connectivity index (χ4n) is 3.81. The van der Waals surface area contributed by atoms with Gasteiger partial charge in [0.2, 0.25) is 5.91 Å². The molecule has 24 heavy (non-hydrogen) atoms. The summed E-state index contributed by atoms with van der Waals surface area (Å²) in [5.41, 5.74) is 0.953. The van der Waals surface area contributed by atoms with E-state index < -0.39 is 0 Å². The Bertz CT molecular complexity index is 645. The molecule has 2 saturated heterocycles. The van der Waals surface area contributed by atoms with Gasteiger partial charge < -0.3 is 4.90 Å². The first-order valence-electron chi connectivity index (χ1n) is 8.53. The Morgan fingerprint density at radius 1 is 1.33 bits per heavy atom. The molecular weight excluding hydrogens is 306 g/mol. The van der Waals surface area contributed by atoms with E-state index in [0.29, 0.717) is 18.5 Å². The third-order valence-corrected chi connectivity index (χ3v) is 4.90. The number of hydrogen-bond donors (Lipinski definition) is 0. The second-order valence-corrected chi connectivity index (χ2v) is 6.51. The van der Waals surface area contributed by atoms with Crippen molar-refractivity contribution < 1.29 is 9.72 Å².